The van der Waals surface area contributed by atoms with Crippen LogP contribution < -0.4 is 0 Å². The number of hydrogen-bond acceptors (Lipinski definition) is 4. The Hall–Kier alpha value is -2.11. The molecule has 8 heteroatoms. The molecule has 1 rings (SSSR count). The van der Waals surface area contributed by atoms with E-state index in [0.717, 1.165) is 17.2 Å². The Morgan fingerprint density at radius 2 is 2.05 bits per heavy atom. The van der Waals surface area contributed by atoms with E-state index in [1.54, 1.807) is 0 Å². The number of alkyl halides is 3. The van der Waals surface area contributed by atoms with Crippen molar-refractivity contribution in [3.63, 3.8) is 0 Å². The smallest absolute Gasteiger partial charge is 0.372 e. The van der Waals surface area contributed by atoms with Gasteiger partial charge in [0.1, 0.15) is 18.0 Å². The van der Waals surface area contributed by atoms with Crippen LogP contribution in [0.2, 0.25) is 0 Å². The lowest BCUT2D eigenvalue weighted by Crippen LogP contribution is -2.27. The van der Waals surface area contributed by atoms with Crippen LogP contribution in [0.15, 0.2) is 12.1 Å². The van der Waals surface area contributed by atoms with Crippen LogP contribution in [0.3, 0.4) is 0 Å². The van der Waals surface area contributed by atoms with Gasteiger partial charge in [-0.05, 0) is 18.1 Å². The van der Waals surface area contributed by atoms with E-state index < -0.39 is 17.8 Å². The van der Waals surface area contributed by atoms with Gasteiger partial charge < -0.3 is 4.74 Å². The van der Waals surface area contributed by atoms with E-state index in [1.165, 1.54) is 21.3 Å². The monoisotopic (exact) mass is 302 g/mol. The number of rotatable bonds is 3. The molecule has 0 atom stereocenters. The van der Waals surface area contributed by atoms with Crippen molar-refractivity contribution in [2.24, 2.45) is 0 Å². The van der Waals surface area contributed by atoms with E-state index in [-0.39, 0.29) is 17.9 Å². The molecule has 0 spiro atoms. The number of pyridine rings is 1. The molecule has 0 fully saturated rings. The van der Waals surface area contributed by atoms with Crippen LogP contribution in [0.1, 0.15) is 21.7 Å². The van der Waals surface area contributed by atoms with Crippen molar-refractivity contribution in [2.75, 3.05) is 27.9 Å². The Morgan fingerprint density at radius 1 is 1.38 bits per heavy atom. The molecule has 0 aliphatic carbocycles. The minimum absolute atomic E-state index is 0.00563. The summed E-state index contributed by atoms with van der Waals surface area (Å²) in [5, 5.41) is 0.867. The largest absolute Gasteiger partial charge is 0.433 e. The molecule has 5 nitrogen and oxygen atoms in total. The molecule has 0 saturated heterocycles. The van der Waals surface area contributed by atoms with Crippen LogP contribution in [0.25, 0.3) is 0 Å². The molecular weight excluding hydrogens is 289 g/mol. The number of nitrogens with zero attached hydrogens (tertiary/aromatic N) is 2. The normalized spacial score (nSPS) is 10.8. The highest BCUT2D eigenvalue weighted by Crippen LogP contribution is 2.28. The zero-order chi connectivity index (χ0) is 16.0. The highest BCUT2D eigenvalue weighted by Gasteiger charge is 2.33. The summed E-state index contributed by atoms with van der Waals surface area (Å²) >= 11 is 0. The van der Waals surface area contributed by atoms with Crippen LogP contribution in [0, 0.1) is 11.8 Å². The van der Waals surface area contributed by atoms with Crippen LogP contribution in [0.4, 0.5) is 13.2 Å². The number of methoxy groups -OCH3 is 1. The van der Waals surface area contributed by atoms with Crippen LogP contribution in [-0.2, 0) is 15.8 Å². The van der Waals surface area contributed by atoms with Crippen molar-refractivity contribution in [1.29, 1.82) is 0 Å². The molecule has 0 bridgehead atoms. The zero-order valence-corrected chi connectivity index (χ0v) is 11.6. The number of amides is 1. The number of carbonyl (C=O) groups is 1. The second kappa shape index (κ2) is 7.06. The summed E-state index contributed by atoms with van der Waals surface area (Å²) in [5.74, 6) is 4.21. The first-order valence-corrected chi connectivity index (χ1v) is 5.69. The Labute approximate surface area is 119 Å². The molecule has 1 aromatic rings. The van der Waals surface area contributed by atoms with Crippen molar-refractivity contribution < 1.29 is 27.5 Å². The first kappa shape index (κ1) is 16.9. The number of hydrogen-bond donors (Lipinski definition) is 0. The molecule has 0 aromatic carbocycles. The minimum Gasteiger partial charge on any atom is -0.372 e. The lowest BCUT2D eigenvalue weighted by molar-refractivity contribution is -0.141. The average Bonchev–Trinajstić information content (AvgIpc) is 2.45. The zero-order valence-electron chi connectivity index (χ0n) is 11.6. The van der Waals surface area contributed by atoms with E-state index in [2.05, 4.69) is 21.6 Å². The SMILES string of the molecule is COCC#Cc1nc(C(F)(F)F)ccc1C(=O)N(C)OC. The van der Waals surface area contributed by atoms with Crippen LogP contribution in [-0.4, -0.2) is 43.8 Å². The molecule has 1 heterocycles. The van der Waals surface area contributed by atoms with Gasteiger partial charge in [-0.1, -0.05) is 5.92 Å². The number of aromatic nitrogens is 1. The van der Waals surface area contributed by atoms with Gasteiger partial charge in [-0.3, -0.25) is 9.63 Å². The Balaban J connectivity index is 3.31. The Morgan fingerprint density at radius 3 is 2.57 bits per heavy atom. The molecule has 0 aliphatic rings. The second-order valence-electron chi connectivity index (χ2n) is 3.81. The summed E-state index contributed by atoms with van der Waals surface area (Å²) in [7, 11) is 3.97. The molecule has 0 unspecified atom stereocenters. The molecule has 0 radical (unpaired) electrons. The number of halogens is 3. The number of carbonyl (C=O) groups excluding carboxylic acids is 1. The molecule has 114 valence electrons. The third-order valence-electron chi connectivity index (χ3n) is 2.40. The van der Waals surface area contributed by atoms with Crippen LogP contribution in [0.5, 0.6) is 0 Å². The maximum Gasteiger partial charge on any atom is 0.433 e. The van der Waals surface area contributed by atoms with Gasteiger partial charge in [0.2, 0.25) is 0 Å². The van der Waals surface area contributed by atoms with Crippen molar-refractivity contribution in [3.8, 4) is 11.8 Å². The minimum atomic E-state index is -4.62. The van der Waals surface area contributed by atoms with E-state index in [0.29, 0.717) is 0 Å². The van der Waals surface area contributed by atoms with Crippen molar-refractivity contribution in [2.45, 2.75) is 6.18 Å². The van der Waals surface area contributed by atoms with Crippen LogP contribution >= 0.6 is 0 Å². The summed E-state index contributed by atoms with van der Waals surface area (Å²) in [6, 6.07) is 1.74. The molecule has 1 aromatic heterocycles. The molecule has 0 N–H and O–H groups in total. The summed E-state index contributed by atoms with van der Waals surface area (Å²) < 4.78 is 42.7. The third kappa shape index (κ3) is 4.44. The van der Waals surface area contributed by atoms with E-state index in [1.807, 2.05) is 0 Å². The van der Waals surface area contributed by atoms with Gasteiger partial charge in [0.15, 0.2) is 0 Å². The van der Waals surface area contributed by atoms with Crippen molar-refractivity contribution in [3.05, 3.63) is 29.1 Å². The Bertz CT molecular complexity index is 576. The summed E-state index contributed by atoms with van der Waals surface area (Å²) in [6.07, 6.45) is -4.62. The summed E-state index contributed by atoms with van der Waals surface area (Å²) in [6.45, 7) is 0.00563. The summed E-state index contributed by atoms with van der Waals surface area (Å²) in [4.78, 5) is 20.1. The van der Waals surface area contributed by atoms with Gasteiger partial charge in [0.25, 0.3) is 5.91 Å². The lowest BCUT2D eigenvalue weighted by Gasteiger charge is -2.15. The van der Waals surface area contributed by atoms with Gasteiger partial charge in [0.05, 0.1) is 12.7 Å². The molecule has 0 aliphatic heterocycles. The van der Waals surface area contributed by atoms with E-state index in [4.69, 9.17) is 4.84 Å². The maximum absolute atomic E-state index is 12.7. The fourth-order valence-corrected chi connectivity index (χ4v) is 1.33. The molecule has 0 saturated carbocycles. The van der Waals surface area contributed by atoms with Gasteiger partial charge in [-0.2, -0.15) is 13.2 Å². The fraction of sp³-hybridized carbons (Fsp3) is 0.385. The maximum atomic E-state index is 12.7. The van der Waals surface area contributed by atoms with Gasteiger partial charge >= 0.3 is 6.18 Å². The van der Waals surface area contributed by atoms with Crippen molar-refractivity contribution >= 4 is 5.91 Å². The van der Waals surface area contributed by atoms with Crippen molar-refractivity contribution in [1.82, 2.24) is 10.0 Å². The van der Waals surface area contributed by atoms with Gasteiger partial charge in [-0.15, -0.1) is 0 Å². The van der Waals surface area contributed by atoms with E-state index >= 15 is 0 Å². The highest BCUT2D eigenvalue weighted by atomic mass is 19.4. The highest BCUT2D eigenvalue weighted by molar-refractivity contribution is 5.95. The standard InChI is InChI=1S/C13H13F3N2O3/c1-18(21-3)12(19)9-6-7-11(13(14,15)16)17-10(9)5-4-8-20-2/h6-7H,8H2,1-3H3. The predicted octanol–water partition coefficient (Wildman–Crippen LogP) is 1.73. The first-order chi connectivity index (χ1) is 9.81. The third-order valence-corrected chi connectivity index (χ3v) is 2.40. The predicted molar refractivity (Wildman–Crippen MR) is 67.1 cm³/mol. The summed E-state index contributed by atoms with van der Waals surface area (Å²) in [5.41, 5.74) is -1.49. The fourth-order valence-electron chi connectivity index (χ4n) is 1.33. The molecule has 21 heavy (non-hydrogen) atoms. The quantitative estimate of drug-likeness (QED) is 0.630. The van der Waals surface area contributed by atoms with E-state index in [9.17, 15) is 18.0 Å². The Kier molecular flexibility index (Phi) is 5.69. The number of hydroxylamine groups is 2. The topological polar surface area (TPSA) is 51.7 Å². The average molecular weight is 302 g/mol. The number of ether oxygens (including phenoxy) is 1. The van der Waals surface area contributed by atoms with Gasteiger partial charge in [0, 0.05) is 14.2 Å². The molecule has 1 amide bonds. The van der Waals surface area contributed by atoms with Gasteiger partial charge in [-0.25, -0.2) is 10.0 Å². The second-order valence-corrected chi connectivity index (χ2v) is 3.81. The first-order valence-electron chi connectivity index (χ1n) is 5.69. The molecular formula is C13H13F3N2O3. The lowest BCUT2D eigenvalue weighted by atomic mass is 10.1.